The molecule has 1 aromatic rings. The maximum absolute atomic E-state index is 5.68. The van der Waals surface area contributed by atoms with E-state index in [1.54, 1.807) is 0 Å². The van der Waals surface area contributed by atoms with Crippen LogP contribution in [0.25, 0.3) is 0 Å². The van der Waals surface area contributed by atoms with Crippen LogP contribution in [0.1, 0.15) is 63.9 Å². The number of hydrogen-bond acceptors (Lipinski definition) is 2. The van der Waals surface area contributed by atoms with Crippen molar-refractivity contribution in [2.75, 3.05) is 24.5 Å². The van der Waals surface area contributed by atoms with Crippen LogP contribution in [0.4, 0.5) is 5.69 Å². The number of anilines is 1. The van der Waals surface area contributed by atoms with Gasteiger partial charge in [-0.05, 0) is 38.4 Å². The molecule has 120 valence electrons. The van der Waals surface area contributed by atoms with E-state index in [0.717, 1.165) is 26.1 Å². The average molecular weight is 290 g/mol. The van der Waals surface area contributed by atoms with Crippen molar-refractivity contribution in [1.29, 1.82) is 0 Å². The monoisotopic (exact) mass is 290 g/mol. The van der Waals surface area contributed by atoms with E-state index in [2.05, 4.69) is 43.0 Å². The molecule has 0 fully saturated rings. The smallest absolute Gasteiger partial charge is 0.0366 e. The van der Waals surface area contributed by atoms with E-state index >= 15 is 0 Å². The molecule has 21 heavy (non-hydrogen) atoms. The van der Waals surface area contributed by atoms with Crippen LogP contribution in [0.3, 0.4) is 0 Å². The zero-order chi connectivity index (χ0) is 15.3. The van der Waals surface area contributed by atoms with E-state index in [1.165, 1.54) is 56.2 Å². The number of benzene rings is 1. The lowest BCUT2D eigenvalue weighted by molar-refractivity contribution is 0.581. The maximum atomic E-state index is 5.68. The van der Waals surface area contributed by atoms with E-state index in [1.807, 2.05) is 0 Å². The number of rotatable bonds is 12. The molecular formula is C19H34N2. The second kappa shape index (κ2) is 11.6. The van der Waals surface area contributed by atoms with Crippen molar-refractivity contribution in [3.05, 3.63) is 29.8 Å². The fourth-order valence-electron chi connectivity index (χ4n) is 2.67. The number of unbranched alkanes of at least 4 members (excludes halogenated alkanes) is 6. The normalized spacial score (nSPS) is 10.8. The molecule has 0 unspecified atom stereocenters. The van der Waals surface area contributed by atoms with Crippen LogP contribution in [-0.4, -0.2) is 19.6 Å². The maximum Gasteiger partial charge on any atom is 0.0366 e. The lowest BCUT2D eigenvalue weighted by Gasteiger charge is -2.25. The average Bonchev–Trinajstić information content (AvgIpc) is 2.50. The van der Waals surface area contributed by atoms with Gasteiger partial charge in [-0.2, -0.15) is 0 Å². The van der Waals surface area contributed by atoms with Crippen molar-refractivity contribution < 1.29 is 0 Å². The molecule has 2 heteroatoms. The number of hydrogen-bond donors (Lipinski definition) is 1. The molecule has 0 bridgehead atoms. The topological polar surface area (TPSA) is 29.3 Å². The van der Waals surface area contributed by atoms with Crippen LogP contribution < -0.4 is 10.6 Å². The van der Waals surface area contributed by atoms with Crippen LogP contribution in [0, 0.1) is 6.92 Å². The summed E-state index contributed by atoms with van der Waals surface area (Å²) in [6.45, 7) is 7.44. The third kappa shape index (κ3) is 8.11. The van der Waals surface area contributed by atoms with Crippen LogP contribution in [0.5, 0.6) is 0 Å². The van der Waals surface area contributed by atoms with E-state index in [9.17, 15) is 0 Å². The second-order valence-corrected chi connectivity index (χ2v) is 6.09. The van der Waals surface area contributed by atoms with Crippen LogP contribution in [0.15, 0.2) is 24.3 Å². The lowest BCUT2D eigenvalue weighted by atomic mass is 10.1. The molecule has 0 radical (unpaired) electrons. The molecule has 0 aliphatic rings. The fourth-order valence-corrected chi connectivity index (χ4v) is 2.67. The minimum absolute atomic E-state index is 0.777. The predicted molar refractivity (Wildman–Crippen MR) is 95.1 cm³/mol. The Morgan fingerprint density at radius 2 is 1.38 bits per heavy atom. The summed E-state index contributed by atoms with van der Waals surface area (Å²) in [7, 11) is 0. The summed E-state index contributed by atoms with van der Waals surface area (Å²) in [6, 6.07) is 8.89. The fraction of sp³-hybridized carbons (Fsp3) is 0.684. The molecule has 1 rings (SSSR count). The van der Waals surface area contributed by atoms with Crippen molar-refractivity contribution in [1.82, 2.24) is 0 Å². The second-order valence-electron chi connectivity index (χ2n) is 6.09. The summed E-state index contributed by atoms with van der Waals surface area (Å²) in [6.07, 6.45) is 10.7. The largest absolute Gasteiger partial charge is 0.371 e. The van der Waals surface area contributed by atoms with Gasteiger partial charge in [0.1, 0.15) is 0 Å². The molecule has 0 aliphatic carbocycles. The standard InChI is InChI=1S/C19H34N2/c1-3-4-5-6-7-8-9-16-21(17-10-15-20)19-13-11-18(2)12-14-19/h11-14H,3-10,15-17,20H2,1-2H3. The van der Waals surface area contributed by atoms with E-state index in [0.29, 0.717) is 0 Å². The summed E-state index contributed by atoms with van der Waals surface area (Å²) < 4.78 is 0. The lowest BCUT2D eigenvalue weighted by Crippen LogP contribution is -2.27. The van der Waals surface area contributed by atoms with Gasteiger partial charge in [0.15, 0.2) is 0 Å². The van der Waals surface area contributed by atoms with E-state index in [-0.39, 0.29) is 0 Å². The predicted octanol–water partition coefficient (Wildman–Crippen LogP) is 4.90. The van der Waals surface area contributed by atoms with Gasteiger partial charge in [0, 0.05) is 18.8 Å². The molecule has 0 atom stereocenters. The molecule has 0 saturated carbocycles. The molecule has 2 nitrogen and oxygen atoms in total. The first-order chi connectivity index (χ1) is 10.3. The molecule has 2 N–H and O–H groups in total. The van der Waals surface area contributed by atoms with Crippen LogP contribution in [-0.2, 0) is 0 Å². The first-order valence-electron chi connectivity index (χ1n) is 8.79. The van der Waals surface area contributed by atoms with Crippen molar-refractivity contribution in [3.63, 3.8) is 0 Å². The Morgan fingerprint density at radius 3 is 2.00 bits per heavy atom. The molecule has 0 heterocycles. The first-order valence-corrected chi connectivity index (χ1v) is 8.79. The first kappa shape index (κ1) is 18.0. The number of aryl methyl sites for hydroxylation is 1. The molecule has 0 aliphatic heterocycles. The highest BCUT2D eigenvalue weighted by atomic mass is 15.1. The molecular weight excluding hydrogens is 256 g/mol. The van der Waals surface area contributed by atoms with Gasteiger partial charge in [0.25, 0.3) is 0 Å². The highest BCUT2D eigenvalue weighted by Crippen LogP contribution is 2.17. The molecule has 1 aromatic carbocycles. The Kier molecular flexibility index (Phi) is 9.98. The summed E-state index contributed by atoms with van der Waals surface area (Å²) in [4.78, 5) is 2.50. The Morgan fingerprint density at radius 1 is 0.810 bits per heavy atom. The highest BCUT2D eigenvalue weighted by Gasteiger charge is 2.05. The van der Waals surface area contributed by atoms with Gasteiger partial charge < -0.3 is 10.6 Å². The molecule has 0 aromatic heterocycles. The SMILES string of the molecule is CCCCCCCCCN(CCCN)c1ccc(C)cc1. The van der Waals surface area contributed by atoms with Gasteiger partial charge in [-0.3, -0.25) is 0 Å². The Bertz CT molecular complexity index is 345. The highest BCUT2D eigenvalue weighted by molar-refractivity contribution is 5.47. The molecule has 0 saturated heterocycles. The minimum atomic E-state index is 0.777. The van der Waals surface area contributed by atoms with Crippen molar-refractivity contribution in [2.24, 2.45) is 5.73 Å². The quantitative estimate of drug-likeness (QED) is 0.555. The third-order valence-corrected chi connectivity index (χ3v) is 4.06. The zero-order valence-electron chi connectivity index (χ0n) is 14.1. The van der Waals surface area contributed by atoms with Crippen molar-refractivity contribution in [3.8, 4) is 0 Å². The van der Waals surface area contributed by atoms with Gasteiger partial charge in [0.05, 0.1) is 0 Å². The van der Waals surface area contributed by atoms with Gasteiger partial charge in [-0.25, -0.2) is 0 Å². The van der Waals surface area contributed by atoms with Crippen LogP contribution >= 0.6 is 0 Å². The van der Waals surface area contributed by atoms with Gasteiger partial charge in [0.2, 0.25) is 0 Å². The summed E-state index contributed by atoms with van der Waals surface area (Å²) in [5.74, 6) is 0. The summed E-state index contributed by atoms with van der Waals surface area (Å²) >= 11 is 0. The van der Waals surface area contributed by atoms with Crippen molar-refractivity contribution in [2.45, 2.75) is 65.2 Å². The van der Waals surface area contributed by atoms with Gasteiger partial charge >= 0.3 is 0 Å². The number of nitrogens with zero attached hydrogens (tertiary/aromatic N) is 1. The number of nitrogens with two attached hydrogens (primary N) is 1. The Balaban J connectivity index is 2.31. The Hall–Kier alpha value is -1.02. The van der Waals surface area contributed by atoms with Crippen LogP contribution in [0.2, 0.25) is 0 Å². The summed E-state index contributed by atoms with van der Waals surface area (Å²) in [5, 5.41) is 0. The van der Waals surface area contributed by atoms with Gasteiger partial charge in [-0.15, -0.1) is 0 Å². The molecule has 0 spiro atoms. The van der Waals surface area contributed by atoms with Gasteiger partial charge in [-0.1, -0.05) is 63.1 Å². The Labute approximate surface area is 131 Å². The summed E-state index contributed by atoms with van der Waals surface area (Å²) in [5.41, 5.74) is 8.35. The minimum Gasteiger partial charge on any atom is -0.371 e. The third-order valence-electron chi connectivity index (χ3n) is 4.06. The molecule has 0 amide bonds. The zero-order valence-corrected chi connectivity index (χ0v) is 14.1. The van der Waals surface area contributed by atoms with E-state index in [4.69, 9.17) is 5.73 Å². The van der Waals surface area contributed by atoms with Crippen molar-refractivity contribution >= 4 is 5.69 Å². The van der Waals surface area contributed by atoms with E-state index < -0.39 is 0 Å².